The second kappa shape index (κ2) is 9.21. The standard InChI is InChI=1S/C20H24N4O5S/c1-5-14(18(26)29-6-2)30-20-21-16-15(17(25)22-19(27)23(16)3)24(20)11-12-8-7-9-13(10-12)28-4/h7-10,14H,5-6,11H2,1-4H3,(H,22,25,27). The fourth-order valence-electron chi connectivity index (χ4n) is 3.07. The average molecular weight is 433 g/mol. The molecule has 10 heteroatoms. The summed E-state index contributed by atoms with van der Waals surface area (Å²) in [5.74, 6) is 0.346. The van der Waals surface area contributed by atoms with Crippen LogP contribution in [-0.4, -0.2) is 44.0 Å². The van der Waals surface area contributed by atoms with E-state index in [1.165, 1.54) is 16.3 Å². The summed E-state index contributed by atoms with van der Waals surface area (Å²) < 4.78 is 13.4. The molecule has 30 heavy (non-hydrogen) atoms. The fourth-order valence-corrected chi connectivity index (χ4v) is 4.07. The number of aromatic amines is 1. The molecule has 9 nitrogen and oxygen atoms in total. The number of nitrogens with one attached hydrogen (secondary N) is 1. The molecule has 1 N–H and O–H groups in total. The molecule has 2 heterocycles. The highest BCUT2D eigenvalue weighted by atomic mass is 32.2. The van der Waals surface area contributed by atoms with Crippen LogP contribution >= 0.6 is 11.8 Å². The van der Waals surface area contributed by atoms with Gasteiger partial charge in [0.1, 0.15) is 11.0 Å². The van der Waals surface area contributed by atoms with E-state index in [0.717, 1.165) is 5.56 Å². The number of fused-ring (bicyclic) bond motifs is 1. The van der Waals surface area contributed by atoms with Crippen molar-refractivity contribution in [2.24, 2.45) is 7.05 Å². The highest BCUT2D eigenvalue weighted by Gasteiger charge is 2.25. The molecule has 1 atom stereocenters. The zero-order valence-electron chi connectivity index (χ0n) is 17.3. The second-order valence-corrected chi connectivity index (χ2v) is 7.76. The predicted molar refractivity (Wildman–Crippen MR) is 114 cm³/mol. The summed E-state index contributed by atoms with van der Waals surface area (Å²) in [7, 11) is 3.12. The number of ether oxygens (including phenoxy) is 2. The van der Waals surface area contributed by atoms with Crippen LogP contribution in [0.25, 0.3) is 11.2 Å². The molecule has 3 aromatic rings. The summed E-state index contributed by atoms with van der Waals surface area (Å²) >= 11 is 1.22. The molecule has 0 aliphatic carbocycles. The molecule has 0 aliphatic heterocycles. The van der Waals surface area contributed by atoms with Gasteiger partial charge in [0.15, 0.2) is 16.3 Å². The summed E-state index contributed by atoms with van der Waals surface area (Å²) in [5.41, 5.74) is 0.328. The first kappa shape index (κ1) is 21.7. The van der Waals surface area contributed by atoms with Crippen LogP contribution < -0.4 is 16.0 Å². The number of carbonyl (C=O) groups excluding carboxylic acids is 1. The van der Waals surface area contributed by atoms with Crippen LogP contribution in [0, 0.1) is 0 Å². The van der Waals surface area contributed by atoms with Gasteiger partial charge in [-0.15, -0.1) is 0 Å². The van der Waals surface area contributed by atoms with Gasteiger partial charge in [0.05, 0.1) is 20.3 Å². The first-order chi connectivity index (χ1) is 14.4. The maximum Gasteiger partial charge on any atom is 0.329 e. The van der Waals surface area contributed by atoms with Gasteiger partial charge < -0.3 is 14.0 Å². The molecule has 0 amide bonds. The molecule has 160 valence electrons. The van der Waals surface area contributed by atoms with Crippen LogP contribution in [0.5, 0.6) is 5.75 Å². The summed E-state index contributed by atoms with van der Waals surface area (Å²) in [6, 6.07) is 7.45. The van der Waals surface area contributed by atoms with Gasteiger partial charge in [-0.2, -0.15) is 0 Å². The Bertz CT molecular complexity index is 1180. The summed E-state index contributed by atoms with van der Waals surface area (Å²) in [4.78, 5) is 43.9. The first-order valence-corrected chi connectivity index (χ1v) is 10.4. The number of imidazole rings is 1. The number of aromatic nitrogens is 4. The van der Waals surface area contributed by atoms with Gasteiger partial charge in [-0.3, -0.25) is 19.1 Å². The van der Waals surface area contributed by atoms with E-state index in [4.69, 9.17) is 9.47 Å². The van der Waals surface area contributed by atoms with Crippen molar-refractivity contribution in [3.8, 4) is 5.75 Å². The third-order valence-corrected chi connectivity index (χ3v) is 5.95. The van der Waals surface area contributed by atoms with Gasteiger partial charge >= 0.3 is 11.7 Å². The number of hydrogen-bond donors (Lipinski definition) is 1. The van der Waals surface area contributed by atoms with E-state index in [2.05, 4.69) is 9.97 Å². The van der Waals surface area contributed by atoms with Gasteiger partial charge in [0.2, 0.25) is 0 Å². The zero-order valence-corrected chi connectivity index (χ0v) is 18.1. The number of methoxy groups -OCH3 is 1. The van der Waals surface area contributed by atoms with Gasteiger partial charge in [-0.25, -0.2) is 9.78 Å². The zero-order chi connectivity index (χ0) is 21.8. The number of benzene rings is 1. The molecular formula is C20H24N4O5S. The van der Waals surface area contributed by atoms with Crippen molar-refractivity contribution >= 4 is 28.9 Å². The van der Waals surface area contributed by atoms with E-state index in [1.807, 2.05) is 31.2 Å². The molecule has 0 saturated heterocycles. The molecule has 0 spiro atoms. The lowest BCUT2D eigenvalue weighted by atomic mass is 10.2. The van der Waals surface area contributed by atoms with E-state index in [0.29, 0.717) is 23.9 Å². The minimum absolute atomic E-state index is 0.257. The van der Waals surface area contributed by atoms with Gasteiger partial charge in [0, 0.05) is 7.05 Å². The number of aryl methyl sites for hydroxylation is 1. The Balaban J connectivity index is 2.15. The monoisotopic (exact) mass is 432 g/mol. The third-order valence-electron chi connectivity index (χ3n) is 4.61. The number of H-pyrrole nitrogens is 1. The molecule has 0 fully saturated rings. The van der Waals surface area contributed by atoms with Crippen LogP contribution in [0.2, 0.25) is 0 Å². The Kier molecular flexibility index (Phi) is 6.66. The lowest BCUT2D eigenvalue weighted by Gasteiger charge is -2.14. The van der Waals surface area contributed by atoms with Crippen molar-refractivity contribution in [2.75, 3.05) is 13.7 Å². The lowest BCUT2D eigenvalue weighted by Crippen LogP contribution is -2.29. The number of esters is 1. The Morgan fingerprint density at radius 2 is 2.07 bits per heavy atom. The number of hydrogen-bond acceptors (Lipinski definition) is 7. The predicted octanol–water partition coefficient (Wildman–Crippen LogP) is 1.91. The van der Waals surface area contributed by atoms with Gasteiger partial charge in [-0.1, -0.05) is 30.8 Å². The summed E-state index contributed by atoms with van der Waals surface area (Å²) in [6.07, 6.45) is 0.529. The second-order valence-electron chi connectivity index (χ2n) is 6.59. The van der Waals surface area contributed by atoms with Crippen LogP contribution in [0.3, 0.4) is 0 Å². The first-order valence-electron chi connectivity index (χ1n) is 9.55. The molecule has 1 aromatic carbocycles. The molecule has 0 bridgehead atoms. The molecule has 0 aliphatic rings. The molecule has 3 rings (SSSR count). The van der Waals surface area contributed by atoms with Crippen LogP contribution in [-0.2, 0) is 23.1 Å². The van der Waals surface area contributed by atoms with Crippen molar-refractivity contribution in [3.05, 3.63) is 50.7 Å². The third kappa shape index (κ3) is 4.28. The SMILES string of the molecule is CCOC(=O)C(CC)Sc1nc2c(c(=O)[nH]c(=O)n2C)n1Cc1cccc(OC)c1. The highest BCUT2D eigenvalue weighted by Crippen LogP contribution is 2.29. The minimum atomic E-state index is -0.549. The Morgan fingerprint density at radius 3 is 2.73 bits per heavy atom. The van der Waals surface area contributed by atoms with Gasteiger partial charge in [-0.05, 0) is 31.0 Å². The number of carbonyl (C=O) groups is 1. The summed E-state index contributed by atoms with van der Waals surface area (Å²) in [6.45, 7) is 4.23. The quantitative estimate of drug-likeness (QED) is 0.428. The van der Waals surface area contributed by atoms with Crippen LogP contribution in [0.4, 0.5) is 0 Å². The minimum Gasteiger partial charge on any atom is -0.497 e. The lowest BCUT2D eigenvalue weighted by molar-refractivity contribution is -0.142. The summed E-state index contributed by atoms with van der Waals surface area (Å²) in [5, 5.41) is -0.0265. The maximum atomic E-state index is 12.6. The van der Waals surface area contributed by atoms with Crippen LogP contribution in [0.1, 0.15) is 25.8 Å². The van der Waals surface area contributed by atoms with Crippen molar-refractivity contribution < 1.29 is 14.3 Å². The van der Waals surface area contributed by atoms with Crippen molar-refractivity contribution in [1.82, 2.24) is 19.1 Å². The molecular weight excluding hydrogens is 408 g/mol. The smallest absolute Gasteiger partial charge is 0.329 e. The van der Waals surface area contributed by atoms with E-state index >= 15 is 0 Å². The van der Waals surface area contributed by atoms with Crippen molar-refractivity contribution in [1.29, 1.82) is 0 Å². The maximum absolute atomic E-state index is 12.6. The topological polar surface area (TPSA) is 108 Å². The fraction of sp³-hybridized carbons (Fsp3) is 0.400. The number of nitrogens with zero attached hydrogens (tertiary/aromatic N) is 3. The Hall–Kier alpha value is -3.01. The number of rotatable bonds is 8. The Morgan fingerprint density at radius 1 is 1.30 bits per heavy atom. The number of thioether (sulfide) groups is 1. The normalized spacial score (nSPS) is 12.1. The molecule has 0 radical (unpaired) electrons. The van der Waals surface area contributed by atoms with Crippen molar-refractivity contribution in [3.63, 3.8) is 0 Å². The van der Waals surface area contributed by atoms with Crippen molar-refractivity contribution in [2.45, 2.75) is 37.2 Å². The van der Waals surface area contributed by atoms with Gasteiger partial charge in [0.25, 0.3) is 5.56 Å². The Labute approximate surface area is 177 Å². The molecule has 0 saturated carbocycles. The largest absolute Gasteiger partial charge is 0.497 e. The average Bonchev–Trinajstić information content (AvgIpc) is 3.09. The van der Waals surface area contributed by atoms with Crippen LogP contribution in [0.15, 0.2) is 39.0 Å². The molecule has 2 aromatic heterocycles. The van der Waals surface area contributed by atoms with E-state index in [1.54, 1.807) is 25.6 Å². The van der Waals surface area contributed by atoms with E-state index in [9.17, 15) is 14.4 Å². The van der Waals surface area contributed by atoms with E-state index in [-0.39, 0.29) is 23.7 Å². The van der Waals surface area contributed by atoms with E-state index < -0.39 is 16.5 Å². The molecule has 1 unspecified atom stereocenters. The highest BCUT2D eigenvalue weighted by molar-refractivity contribution is 8.00.